The molecule has 0 radical (unpaired) electrons. The highest BCUT2D eigenvalue weighted by atomic mass is 35.5. The first kappa shape index (κ1) is 11.5. The van der Waals surface area contributed by atoms with E-state index in [0.717, 1.165) is 11.1 Å². The molecular weight excluding hydrogens is 238 g/mol. The van der Waals surface area contributed by atoms with E-state index in [-0.39, 0.29) is 10.6 Å². The maximum absolute atomic E-state index is 11.0. The van der Waals surface area contributed by atoms with Gasteiger partial charge in [-0.1, -0.05) is 29.8 Å². The molecule has 2 rings (SSSR count). The van der Waals surface area contributed by atoms with Crippen molar-refractivity contribution in [1.82, 2.24) is 0 Å². The standard InChI is InChI=1S/C13H10ClNO2/c14-12-5-4-9(7-11(12)13(16)17)8-2-1-3-10(15)6-8/h1-7H,15H2,(H,16,17). The molecule has 2 aromatic rings. The lowest BCUT2D eigenvalue weighted by atomic mass is 10.0. The quantitative estimate of drug-likeness (QED) is 0.801. The second-order valence-electron chi connectivity index (χ2n) is 3.63. The van der Waals surface area contributed by atoms with Crippen LogP contribution in [0.1, 0.15) is 10.4 Å². The molecule has 0 spiro atoms. The fourth-order valence-corrected chi connectivity index (χ4v) is 1.79. The number of hydrogen-bond acceptors (Lipinski definition) is 2. The largest absolute Gasteiger partial charge is 0.478 e. The zero-order chi connectivity index (χ0) is 12.4. The number of nitrogens with two attached hydrogens (primary N) is 1. The maximum atomic E-state index is 11.0. The van der Waals surface area contributed by atoms with Gasteiger partial charge in [0.15, 0.2) is 0 Å². The summed E-state index contributed by atoms with van der Waals surface area (Å²) in [6, 6.07) is 12.1. The summed E-state index contributed by atoms with van der Waals surface area (Å²) < 4.78 is 0. The SMILES string of the molecule is Nc1cccc(-c2ccc(Cl)c(C(=O)O)c2)c1. The molecule has 2 aromatic carbocycles. The number of nitrogen functional groups attached to an aromatic ring is 1. The molecule has 17 heavy (non-hydrogen) atoms. The fraction of sp³-hybridized carbons (Fsp3) is 0. The van der Waals surface area contributed by atoms with E-state index in [4.69, 9.17) is 22.4 Å². The van der Waals surface area contributed by atoms with Gasteiger partial charge >= 0.3 is 5.97 Å². The Labute approximate surface area is 103 Å². The van der Waals surface area contributed by atoms with Crippen molar-refractivity contribution in [3.8, 4) is 11.1 Å². The number of carboxylic acid groups (broad SMARTS) is 1. The number of hydrogen-bond donors (Lipinski definition) is 2. The average Bonchev–Trinajstić information content (AvgIpc) is 2.29. The molecule has 0 saturated heterocycles. The monoisotopic (exact) mass is 247 g/mol. The van der Waals surface area contributed by atoms with Gasteiger partial charge in [0.05, 0.1) is 10.6 Å². The van der Waals surface area contributed by atoms with Gasteiger partial charge in [0, 0.05) is 5.69 Å². The fourth-order valence-electron chi connectivity index (χ4n) is 1.59. The van der Waals surface area contributed by atoms with Gasteiger partial charge in [0.2, 0.25) is 0 Å². The first-order valence-corrected chi connectivity index (χ1v) is 5.34. The Morgan fingerprint density at radius 1 is 1.12 bits per heavy atom. The van der Waals surface area contributed by atoms with Crippen molar-refractivity contribution in [2.75, 3.05) is 5.73 Å². The van der Waals surface area contributed by atoms with E-state index in [2.05, 4.69) is 0 Å². The molecule has 0 aliphatic heterocycles. The van der Waals surface area contributed by atoms with Crippen LogP contribution in [0.4, 0.5) is 5.69 Å². The van der Waals surface area contributed by atoms with E-state index in [9.17, 15) is 4.79 Å². The van der Waals surface area contributed by atoms with Crippen molar-refractivity contribution in [3.63, 3.8) is 0 Å². The minimum absolute atomic E-state index is 0.0894. The lowest BCUT2D eigenvalue weighted by molar-refractivity contribution is 0.0697. The summed E-state index contributed by atoms with van der Waals surface area (Å²) in [7, 11) is 0. The molecular formula is C13H10ClNO2. The van der Waals surface area contributed by atoms with E-state index in [1.807, 2.05) is 12.1 Å². The molecule has 0 fully saturated rings. The van der Waals surface area contributed by atoms with Gasteiger partial charge in [-0.2, -0.15) is 0 Å². The van der Waals surface area contributed by atoms with Crippen molar-refractivity contribution in [2.45, 2.75) is 0 Å². The normalized spacial score (nSPS) is 10.2. The molecule has 0 atom stereocenters. The molecule has 3 N–H and O–H groups in total. The second-order valence-corrected chi connectivity index (χ2v) is 4.03. The second kappa shape index (κ2) is 4.47. The molecule has 0 unspecified atom stereocenters. The number of carboxylic acids is 1. The Hall–Kier alpha value is -2.00. The van der Waals surface area contributed by atoms with Crippen LogP contribution in [0.2, 0.25) is 5.02 Å². The summed E-state index contributed by atoms with van der Waals surface area (Å²) in [5.41, 5.74) is 8.05. The molecule has 0 saturated carbocycles. The van der Waals surface area contributed by atoms with Gasteiger partial charge in [-0.3, -0.25) is 0 Å². The number of carbonyl (C=O) groups is 1. The summed E-state index contributed by atoms with van der Waals surface area (Å²) in [6.07, 6.45) is 0. The lowest BCUT2D eigenvalue weighted by Gasteiger charge is -2.05. The molecule has 86 valence electrons. The first-order valence-electron chi connectivity index (χ1n) is 4.96. The van der Waals surface area contributed by atoms with E-state index in [1.54, 1.807) is 30.3 Å². The van der Waals surface area contributed by atoms with Crippen molar-refractivity contribution in [1.29, 1.82) is 0 Å². The number of halogens is 1. The average molecular weight is 248 g/mol. The number of benzene rings is 2. The third kappa shape index (κ3) is 2.40. The Morgan fingerprint density at radius 2 is 1.82 bits per heavy atom. The van der Waals surface area contributed by atoms with Crippen LogP contribution < -0.4 is 5.73 Å². The zero-order valence-electron chi connectivity index (χ0n) is 8.85. The van der Waals surface area contributed by atoms with Gasteiger partial charge in [0.25, 0.3) is 0 Å². The van der Waals surface area contributed by atoms with Gasteiger partial charge in [0.1, 0.15) is 0 Å². The van der Waals surface area contributed by atoms with Crippen LogP contribution in [0.25, 0.3) is 11.1 Å². The predicted molar refractivity (Wildman–Crippen MR) is 68.3 cm³/mol. The zero-order valence-corrected chi connectivity index (χ0v) is 9.61. The summed E-state index contributed by atoms with van der Waals surface area (Å²) in [5.74, 6) is -1.04. The van der Waals surface area contributed by atoms with E-state index < -0.39 is 5.97 Å². The molecule has 0 aliphatic rings. The van der Waals surface area contributed by atoms with Gasteiger partial charge < -0.3 is 10.8 Å². The van der Waals surface area contributed by atoms with Crippen LogP contribution >= 0.6 is 11.6 Å². The van der Waals surface area contributed by atoms with Crippen molar-refractivity contribution >= 4 is 23.3 Å². The number of rotatable bonds is 2. The Bertz CT molecular complexity index is 581. The highest BCUT2D eigenvalue weighted by Gasteiger charge is 2.10. The summed E-state index contributed by atoms with van der Waals surface area (Å²) in [5, 5.41) is 9.21. The van der Waals surface area contributed by atoms with E-state index >= 15 is 0 Å². The minimum Gasteiger partial charge on any atom is -0.478 e. The van der Waals surface area contributed by atoms with Gasteiger partial charge in [-0.15, -0.1) is 0 Å². The van der Waals surface area contributed by atoms with Crippen molar-refractivity contribution in [3.05, 3.63) is 53.1 Å². The smallest absolute Gasteiger partial charge is 0.337 e. The molecule has 0 heterocycles. The molecule has 0 bridgehead atoms. The molecule has 3 nitrogen and oxygen atoms in total. The predicted octanol–water partition coefficient (Wildman–Crippen LogP) is 3.29. The lowest BCUT2D eigenvalue weighted by Crippen LogP contribution is -1.97. The molecule has 0 aliphatic carbocycles. The van der Waals surface area contributed by atoms with E-state index in [1.165, 1.54) is 0 Å². The third-order valence-electron chi connectivity index (χ3n) is 2.42. The number of aromatic carboxylic acids is 1. The molecule has 4 heteroatoms. The summed E-state index contributed by atoms with van der Waals surface area (Å²) >= 11 is 5.80. The molecule has 0 amide bonds. The van der Waals surface area contributed by atoms with Crippen LogP contribution in [0, 0.1) is 0 Å². The summed E-state index contributed by atoms with van der Waals surface area (Å²) in [4.78, 5) is 11.0. The van der Waals surface area contributed by atoms with E-state index in [0.29, 0.717) is 5.69 Å². The Kier molecular flexibility index (Phi) is 3.02. The van der Waals surface area contributed by atoms with Crippen LogP contribution in [-0.4, -0.2) is 11.1 Å². The van der Waals surface area contributed by atoms with Crippen molar-refractivity contribution in [2.24, 2.45) is 0 Å². The van der Waals surface area contributed by atoms with Crippen LogP contribution in [-0.2, 0) is 0 Å². The highest BCUT2D eigenvalue weighted by Crippen LogP contribution is 2.26. The Morgan fingerprint density at radius 3 is 2.47 bits per heavy atom. The highest BCUT2D eigenvalue weighted by molar-refractivity contribution is 6.33. The van der Waals surface area contributed by atoms with Gasteiger partial charge in [-0.05, 0) is 35.4 Å². The Balaban J connectivity index is 2.54. The van der Waals surface area contributed by atoms with Gasteiger partial charge in [-0.25, -0.2) is 4.79 Å². The van der Waals surface area contributed by atoms with Crippen molar-refractivity contribution < 1.29 is 9.90 Å². The first-order chi connectivity index (χ1) is 8.08. The van der Waals surface area contributed by atoms with Crippen LogP contribution in [0.5, 0.6) is 0 Å². The van der Waals surface area contributed by atoms with Crippen LogP contribution in [0.15, 0.2) is 42.5 Å². The maximum Gasteiger partial charge on any atom is 0.337 e. The summed E-state index contributed by atoms with van der Waals surface area (Å²) in [6.45, 7) is 0. The van der Waals surface area contributed by atoms with Crippen LogP contribution in [0.3, 0.4) is 0 Å². The minimum atomic E-state index is -1.04. The third-order valence-corrected chi connectivity index (χ3v) is 2.75. The number of anilines is 1. The molecule has 0 aromatic heterocycles. The topological polar surface area (TPSA) is 63.3 Å².